The molecule has 1 aromatic heterocycles. The predicted molar refractivity (Wildman–Crippen MR) is 57.2 cm³/mol. The Morgan fingerprint density at radius 3 is 3.33 bits per heavy atom. The molecular weight excluding hydrogens is 194 g/mol. The summed E-state index contributed by atoms with van der Waals surface area (Å²) in [6, 6.07) is 1.62. The summed E-state index contributed by atoms with van der Waals surface area (Å²) in [5.74, 6) is 0. The molecule has 0 aromatic carbocycles. The molecule has 15 heavy (non-hydrogen) atoms. The maximum Gasteiger partial charge on any atom is 0.268 e. The van der Waals surface area contributed by atoms with E-state index in [1.165, 1.54) is 4.68 Å². The Kier molecular flexibility index (Phi) is 3.01. The summed E-state index contributed by atoms with van der Waals surface area (Å²) >= 11 is 0. The molecule has 0 saturated carbocycles. The van der Waals surface area contributed by atoms with Crippen molar-refractivity contribution in [1.82, 2.24) is 9.78 Å². The predicted octanol–water partition coefficient (Wildman–Crippen LogP) is 0.248. The van der Waals surface area contributed by atoms with Crippen LogP contribution >= 0.6 is 0 Å². The standard InChI is InChI=1S/C10H15N3O2/c1-15-6-5-13-10(14)7-9-8(12-13)3-2-4-11-9/h7,11H,2-6H2,1H3. The second-order valence-corrected chi connectivity index (χ2v) is 3.59. The van der Waals surface area contributed by atoms with Gasteiger partial charge in [0.15, 0.2) is 0 Å². The van der Waals surface area contributed by atoms with Crippen molar-refractivity contribution in [1.29, 1.82) is 0 Å². The second-order valence-electron chi connectivity index (χ2n) is 3.59. The van der Waals surface area contributed by atoms with Gasteiger partial charge in [-0.3, -0.25) is 4.79 Å². The number of nitrogens with zero attached hydrogens (tertiary/aromatic N) is 2. The molecule has 0 aliphatic carbocycles. The van der Waals surface area contributed by atoms with Crippen LogP contribution in [-0.2, 0) is 17.7 Å². The summed E-state index contributed by atoms with van der Waals surface area (Å²) < 4.78 is 6.40. The molecular formula is C10H15N3O2. The number of aromatic nitrogens is 2. The van der Waals surface area contributed by atoms with Crippen molar-refractivity contribution in [3.8, 4) is 0 Å². The zero-order valence-electron chi connectivity index (χ0n) is 8.82. The van der Waals surface area contributed by atoms with E-state index in [9.17, 15) is 4.79 Å². The first kappa shape index (κ1) is 10.2. The molecule has 1 aromatic rings. The minimum Gasteiger partial charge on any atom is -0.383 e. The summed E-state index contributed by atoms with van der Waals surface area (Å²) in [5, 5.41) is 7.49. The van der Waals surface area contributed by atoms with E-state index in [2.05, 4.69) is 10.4 Å². The van der Waals surface area contributed by atoms with Crippen LogP contribution < -0.4 is 10.9 Å². The number of fused-ring (bicyclic) bond motifs is 1. The average molecular weight is 209 g/mol. The molecule has 0 atom stereocenters. The Morgan fingerprint density at radius 2 is 2.53 bits per heavy atom. The van der Waals surface area contributed by atoms with E-state index in [-0.39, 0.29) is 5.56 Å². The average Bonchev–Trinajstić information content (AvgIpc) is 2.26. The van der Waals surface area contributed by atoms with Gasteiger partial charge in [0.2, 0.25) is 0 Å². The van der Waals surface area contributed by atoms with Crippen molar-refractivity contribution in [2.45, 2.75) is 19.4 Å². The van der Waals surface area contributed by atoms with E-state index < -0.39 is 0 Å². The Hall–Kier alpha value is -1.36. The first-order valence-electron chi connectivity index (χ1n) is 5.15. The zero-order valence-corrected chi connectivity index (χ0v) is 8.82. The fraction of sp³-hybridized carbons (Fsp3) is 0.600. The maximum atomic E-state index is 11.6. The van der Waals surface area contributed by atoms with Crippen LogP contribution in [0.4, 0.5) is 5.69 Å². The van der Waals surface area contributed by atoms with Gasteiger partial charge in [-0.1, -0.05) is 0 Å². The molecule has 1 aliphatic heterocycles. The van der Waals surface area contributed by atoms with Gasteiger partial charge in [-0.05, 0) is 12.8 Å². The summed E-state index contributed by atoms with van der Waals surface area (Å²) in [6.45, 7) is 1.96. The zero-order chi connectivity index (χ0) is 10.7. The van der Waals surface area contributed by atoms with Gasteiger partial charge in [-0.2, -0.15) is 5.10 Å². The lowest BCUT2D eigenvalue weighted by Gasteiger charge is -2.17. The van der Waals surface area contributed by atoms with Gasteiger partial charge in [-0.15, -0.1) is 0 Å². The van der Waals surface area contributed by atoms with Gasteiger partial charge >= 0.3 is 0 Å². The van der Waals surface area contributed by atoms with Crippen LogP contribution in [0.2, 0.25) is 0 Å². The van der Waals surface area contributed by atoms with Crippen molar-refractivity contribution in [2.75, 3.05) is 25.6 Å². The number of nitrogens with one attached hydrogen (secondary N) is 1. The molecule has 5 nitrogen and oxygen atoms in total. The van der Waals surface area contributed by atoms with Crippen molar-refractivity contribution in [2.24, 2.45) is 0 Å². The van der Waals surface area contributed by atoms with Gasteiger partial charge < -0.3 is 10.1 Å². The van der Waals surface area contributed by atoms with Crippen LogP contribution in [0.15, 0.2) is 10.9 Å². The van der Waals surface area contributed by atoms with E-state index in [1.54, 1.807) is 13.2 Å². The molecule has 1 N–H and O–H groups in total. The maximum absolute atomic E-state index is 11.6. The molecule has 0 unspecified atom stereocenters. The normalized spacial score (nSPS) is 14.5. The highest BCUT2D eigenvalue weighted by Crippen LogP contribution is 2.16. The second kappa shape index (κ2) is 4.44. The minimum atomic E-state index is -0.0693. The summed E-state index contributed by atoms with van der Waals surface area (Å²) in [6.07, 6.45) is 2.01. The van der Waals surface area contributed by atoms with Crippen molar-refractivity contribution in [3.05, 3.63) is 22.1 Å². The third-order valence-corrected chi connectivity index (χ3v) is 2.49. The number of aryl methyl sites for hydroxylation is 1. The van der Waals surface area contributed by atoms with Gasteiger partial charge in [0.1, 0.15) is 0 Å². The number of hydrogen-bond donors (Lipinski definition) is 1. The van der Waals surface area contributed by atoms with Crippen molar-refractivity contribution < 1.29 is 4.74 Å². The van der Waals surface area contributed by atoms with Gasteiger partial charge in [0.25, 0.3) is 5.56 Å². The summed E-state index contributed by atoms with van der Waals surface area (Å²) in [7, 11) is 1.62. The Balaban J connectivity index is 2.28. The number of methoxy groups -OCH3 is 1. The number of rotatable bonds is 3. The third-order valence-electron chi connectivity index (χ3n) is 2.49. The molecule has 0 amide bonds. The fourth-order valence-corrected chi connectivity index (χ4v) is 1.68. The Bertz CT molecular complexity index is 400. The molecule has 0 bridgehead atoms. The highest BCUT2D eigenvalue weighted by molar-refractivity contribution is 5.48. The lowest BCUT2D eigenvalue weighted by atomic mass is 10.1. The number of hydrogen-bond acceptors (Lipinski definition) is 4. The fourth-order valence-electron chi connectivity index (χ4n) is 1.68. The highest BCUT2D eigenvalue weighted by Gasteiger charge is 2.12. The van der Waals surface area contributed by atoms with Crippen LogP contribution in [-0.4, -0.2) is 30.0 Å². The van der Waals surface area contributed by atoms with Crippen molar-refractivity contribution in [3.63, 3.8) is 0 Å². The SMILES string of the molecule is COCCn1nc2c(cc1=O)NCCC2. The lowest BCUT2D eigenvalue weighted by molar-refractivity contribution is 0.181. The quantitative estimate of drug-likeness (QED) is 0.775. The monoisotopic (exact) mass is 209 g/mol. The molecule has 5 heteroatoms. The van der Waals surface area contributed by atoms with Gasteiger partial charge in [-0.25, -0.2) is 4.68 Å². The Labute approximate surface area is 88.1 Å². The largest absolute Gasteiger partial charge is 0.383 e. The topological polar surface area (TPSA) is 56.2 Å². The molecule has 0 fully saturated rings. The lowest BCUT2D eigenvalue weighted by Crippen LogP contribution is -2.28. The molecule has 0 radical (unpaired) electrons. The minimum absolute atomic E-state index is 0.0693. The van der Waals surface area contributed by atoms with Gasteiger partial charge in [0, 0.05) is 19.7 Å². The molecule has 82 valence electrons. The van der Waals surface area contributed by atoms with Crippen LogP contribution in [0.3, 0.4) is 0 Å². The van der Waals surface area contributed by atoms with E-state index >= 15 is 0 Å². The summed E-state index contributed by atoms with van der Waals surface area (Å²) in [4.78, 5) is 11.6. The van der Waals surface area contributed by atoms with Crippen molar-refractivity contribution >= 4 is 5.69 Å². The number of ether oxygens (including phenoxy) is 1. The first-order valence-corrected chi connectivity index (χ1v) is 5.15. The first-order chi connectivity index (χ1) is 7.31. The molecule has 2 heterocycles. The third kappa shape index (κ3) is 2.18. The summed E-state index contributed by atoms with van der Waals surface area (Å²) in [5.41, 5.74) is 1.80. The van der Waals surface area contributed by atoms with E-state index in [0.717, 1.165) is 30.8 Å². The van der Waals surface area contributed by atoms with E-state index in [0.29, 0.717) is 13.2 Å². The van der Waals surface area contributed by atoms with E-state index in [4.69, 9.17) is 4.74 Å². The molecule has 2 rings (SSSR count). The van der Waals surface area contributed by atoms with E-state index in [1.807, 2.05) is 0 Å². The van der Waals surface area contributed by atoms with Crippen LogP contribution in [0.25, 0.3) is 0 Å². The smallest absolute Gasteiger partial charge is 0.268 e. The molecule has 1 aliphatic rings. The van der Waals surface area contributed by atoms with Crippen LogP contribution in [0, 0.1) is 0 Å². The van der Waals surface area contributed by atoms with Crippen LogP contribution in [0.1, 0.15) is 12.1 Å². The molecule has 0 spiro atoms. The van der Waals surface area contributed by atoms with Gasteiger partial charge in [0.05, 0.1) is 24.5 Å². The molecule has 0 saturated heterocycles. The highest BCUT2D eigenvalue weighted by atomic mass is 16.5. The Morgan fingerprint density at radius 1 is 1.67 bits per heavy atom. The number of anilines is 1. The van der Waals surface area contributed by atoms with Crippen LogP contribution in [0.5, 0.6) is 0 Å².